The lowest BCUT2D eigenvalue weighted by molar-refractivity contribution is 0.949. The van der Waals surface area contributed by atoms with Gasteiger partial charge in [0.05, 0.1) is 0 Å². The molecule has 2 nitrogen and oxygen atoms in total. The van der Waals surface area contributed by atoms with Gasteiger partial charge in [0.1, 0.15) is 21.2 Å². The summed E-state index contributed by atoms with van der Waals surface area (Å²) in [6, 6.07) is 47.2. The van der Waals surface area contributed by atoms with Crippen LogP contribution in [0.2, 0.25) is 78.6 Å². The second-order valence-corrected chi connectivity index (χ2v) is 45.0. The van der Waals surface area contributed by atoms with E-state index in [0.717, 1.165) is 5.90 Å². The first-order valence-electron chi connectivity index (χ1n) is 16.5. The van der Waals surface area contributed by atoms with Crippen molar-refractivity contribution in [1.29, 1.82) is 0 Å². The molecule has 0 N–H and O–H groups in total. The predicted molar refractivity (Wildman–Crippen MR) is 220 cm³/mol. The molecule has 0 aliphatic heterocycles. The highest BCUT2D eigenvalue weighted by Crippen LogP contribution is 2.78. The predicted octanol–water partition coefficient (Wildman–Crippen LogP) is 10.1. The van der Waals surface area contributed by atoms with Gasteiger partial charge >= 0.3 is 0 Å². The van der Waals surface area contributed by atoms with Crippen LogP contribution >= 0.6 is 14.8 Å². The average Bonchev–Trinajstić information content (AvgIpc) is 2.95. The Bertz CT molecular complexity index is 1290. The first-order valence-corrected chi connectivity index (χ1v) is 34.1. The number of nitrogens with zero attached hydrogens (tertiary/aromatic N) is 2. The summed E-state index contributed by atoms with van der Waals surface area (Å²) in [4.78, 5) is 0. The molecule has 0 unspecified atom stereocenters. The molecule has 0 fully saturated rings. The molecule has 4 aromatic carbocycles. The Morgan fingerprint density at radius 1 is 0.333 bits per heavy atom. The molecule has 0 aliphatic rings. The fourth-order valence-corrected chi connectivity index (χ4v) is 56.0. The molecule has 4 aromatic rings. The molecule has 8 heteroatoms. The fourth-order valence-electron chi connectivity index (χ4n) is 8.27. The van der Waals surface area contributed by atoms with E-state index in [0.29, 0.717) is 0 Å². The van der Waals surface area contributed by atoms with Crippen LogP contribution in [0.1, 0.15) is 0 Å². The first kappa shape index (κ1) is 36.4. The second kappa shape index (κ2) is 13.6. The fraction of sp³-hybridized carbons (Fsp3) is 0.351. The largest absolute Gasteiger partial charge is 0.216 e. The summed E-state index contributed by atoms with van der Waals surface area (Å²) in [6.45, 7) is 31.4. The highest BCUT2D eigenvalue weighted by atomic mass is 31.2. The van der Waals surface area contributed by atoms with Crippen molar-refractivity contribution < 1.29 is 0 Å². The van der Waals surface area contributed by atoms with Crippen molar-refractivity contribution in [3.63, 3.8) is 0 Å². The summed E-state index contributed by atoms with van der Waals surface area (Å²) in [6.07, 6.45) is 0. The zero-order valence-corrected chi connectivity index (χ0v) is 35.8. The lowest BCUT2D eigenvalue weighted by Gasteiger charge is -2.54. The van der Waals surface area contributed by atoms with E-state index in [4.69, 9.17) is 0 Å². The molecule has 0 saturated carbocycles. The van der Waals surface area contributed by atoms with Crippen molar-refractivity contribution in [2.24, 2.45) is 0 Å². The second-order valence-electron chi connectivity index (χ2n) is 16.3. The third-order valence-corrected chi connectivity index (χ3v) is 42.0. The molecule has 0 atom stereocenters. The Hall–Kier alpha value is -1.47. The van der Waals surface area contributed by atoms with Crippen LogP contribution in [-0.2, 0) is 0 Å². The van der Waals surface area contributed by atoms with Gasteiger partial charge in [0, 0.05) is 0 Å². The molecule has 0 amide bonds. The monoisotopic (exact) mass is 704 g/mol. The van der Waals surface area contributed by atoms with Gasteiger partial charge in [-0.05, 0) is 48.5 Å². The first-order chi connectivity index (χ1) is 20.9. The highest BCUT2D eigenvalue weighted by molar-refractivity contribution is 8.04. The number of hydrogen-bond acceptors (Lipinski definition) is 2. The van der Waals surface area contributed by atoms with Crippen LogP contribution in [0.4, 0.5) is 0 Å². The van der Waals surface area contributed by atoms with Crippen LogP contribution in [0.3, 0.4) is 0 Å². The smallest absolute Gasteiger partial charge is 0.207 e. The molecule has 0 heterocycles. The van der Waals surface area contributed by atoms with E-state index >= 15 is 0 Å². The van der Waals surface area contributed by atoms with E-state index in [2.05, 4.69) is 208 Å². The zero-order valence-electron chi connectivity index (χ0n) is 30.0. The quantitative estimate of drug-likeness (QED) is 0.107. The van der Waals surface area contributed by atoms with E-state index in [9.17, 15) is 0 Å². The number of benzene rings is 4. The summed E-state index contributed by atoms with van der Waals surface area (Å²) in [5, 5.41) is 6.18. The molecule has 240 valence electrons. The molecule has 45 heavy (non-hydrogen) atoms. The van der Waals surface area contributed by atoms with Crippen molar-refractivity contribution in [2.45, 2.75) is 78.6 Å². The standard InChI is InChI=1S/C37H58N2P2Si4/c1-42(2,3)38(43(4,5)6)40(34-25-17-13-18-26-34,35-27-19-14-20-28-35)33-41(36-29-21-15-22-30-36,37-31-23-16-24-32-37)39(44(7,8)9)45(10,11)12/h13-32H,33H2,1-12H3/q+2. The van der Waals surface area contributed by atoms with E-state index in [-0.39, 0.29) is 0 Å². The van der Waals surface area contributed by atoms with E-state index in [1.807, 2.05) is 0 Å². The molecule has 0 radical (unpaired) electrons. The van der Waals surface area contributed by atoms with Crippen LogP contribution in [-0.4, -0.2) is 46.8 Å². The molecule has 0 bridgehead atoms. The van der Waals surface area contributed by atoms with Gasteiger partial charge in [-0.15, -0.1) is 0 Å². The molecular formula is C37H58N2P2Si4+2. The van der Waals surface area contributed by atoms with Crippen molar-refractivity contribution in [3.8, 4) is 0 Å². The third kappa shape index (κ3) is 7.50. The Balaban J connectivity index is 2.34. The summed E-state index contributed by atoms with van der Waals surface area (Å²) in [5.74, 6) is 1.16. The van der Waals surface area contributed by atoms with Crippen LogP contribution < -0.4 is 21.2 Å². The van der Waals surface area contributed by atoms with Crippen LogP contribution in [0, 0.1) is 0 Å². The lowest BCUT2D eigenvalue weighted by Crippen LogP contribution is -2.65. The molecule has 4 rings (SSSR count). The van der Waals surface area contributed by atoms with Gasteiger partial charge in [-0.3, -0.25) is 0 Å². The highest BCUT2D eigenvalue weighted by Gasteiger charge is 2.69. The Labute approximate surface area is 281 Å². The Morgan fingerprint density at radius 3 is 0.667 bits per heavy atom. The van der Waals surface area contributed by atoms with Gasteiger partial charge in [0.2, 0.25) is 5.90 Å². The van der Waals surface area contributed by atoms with Gasteiger partial charge in [0.25, 0.3) is 0 Å². The lowest BCUT2D eigenvalue weighted by atomic mass is 10.4. The van der Waals surface area contributed by atoms with Crippen molar-refractivity contribution in [1.82, 2.24) is 8.00 Å². The van der Waals surface area contributed by atoms with Crippen molar-refractivity contribution >= 4 is 69.0 Å². The summed E-state index contributed by atoms with van der Waals surface area (Å²) in [5.41, 5.74) is 0. The summed E-state index contributed by atoms with van der Waals surface area (Å²) in [7, 11) is -11.9. The maximum absolute atomic E-state index is 3.25. The minimum Gasteiger partial charge on any atom is -0.216 e. The van der Waals surface area contributed by atoms with Gasteiger partial charge in [0.15, 0.2) is 47.8 Å². The summed E-state index contributed by atoms with van der Waals surface area (Å²) >= 11 is 0. The Kier molecular flexibility index (Phi) is 11.0. The van der Waals surface area contributed by atoms with Crippen LogP contribution in [0.5, 0.6) is 0 Å². The van der Waals surface area contributed by atoms with Crippen molar-refractivity contribution in [3.05, 3.63) is 121 Å². The zero-order chi connectivity index (χ0) is 33.3. The average molecular weight is 705 g/mol. The minimum absolute atomic E-state index is 1.16. The van der Waals surface area contributed by atoms with Gasteiger partial charge in [-0.1, -0.05) is 151 Å². The minimum atomic E-state index is -2.19. The maximum Gasteiger partial charge on any atom is 0.207 e. The molecular weight excluding hydrogens is 647 g/mol. The Morgan fingerprint density at radius 2 is 0.511 bits per heavy atom. The maximum atomic E-state index is 3.25. The molecule has 0 saturated heterocycles. The third-order valence-electron chi connectivity index (χ3n) is 8.37. The van der Waals surface area contributed by atoms with E-state index < -0.39 is 47.8 Å². The summed E-state index contributed by atoms with van der Waals surface area (Å²) < 4.78 is 6.51. The van der Waals surface area contributed by atoms with E-state index in [1.54, 1.807) is 21.2 Å². The molecule has 0 aliphatic carbocycles. The van der Waals surface area contributed by atoms with Gasteiger partial charge in [-0.25, -0.2) is 8.00 Å². The van der Waals surface area contributed by atoms with Crippen LogP contribution in [0.15, 0.2) is 121 Å². The number of hydrogen-bond donors (Lipinski definition) is 0. The topological polar surface area (TPSA) is 6.48 Å². The van der Waals surface area contributed by atoms with Gasteiger partial charge in [-0.2, -0.15) is 0 Å². The normalized spacial score (nSPS) is 13.8. The van der Waals surface area contributed by atoms with E-state index in [1.165, 1.54) is 0 Å². The SMILES string of the molecule is C[Si](C)(C)N([Si](C)(C)C)[P+](C[P+](c1ccccc1)(c1ccccc1)N([Si](C)(C)C)[Si](C)(C)C)(c1ccccc1)c1ccccc1. The molecule has 0 spiro atoms. The van der Waals surface area contributed by atoms with Gasteiger partial charge < -0.3 is 0 Å². The van der Waals surface area contributed by atoms with Crippen LogP contribution in [0.25, 0.3) is 0 Å². The number of rotatable bonds is 12. The van der Waals surface area contributed by atoms with Crippen molar-refractivity contribution in [2.75, 3.05) is 5.90 Å². The molecule has 0 aromatic heterocycles.